The van der Waals surface area contributed by atoms with Crippen LogP contribution in [0.4, 0.5) is 0 Å². The summed E-state index contributed by atoms with van der Waals surface area (Å²) in [5.41, 5.74) is 0.488. The second kappa shape index (κ2) is 6.93. The SMILES string of the molecule is CCNC1CCC(C(C)C)CC1CCC(C)(C)C. The molecule has 0 spiro atoms. The number of hydrogen-bond acceptors (Lipinski definition) is 1. The van der Waals surface area contributed by atoms with E-state index in [1.54, 1.807) is 0 Å². The molecule has 0 amide bonds. The molecule has 1 saturated carbocycles. The van der Waals surface area contributed by atoms with E-state index in [0.717, 1.165) is 30.3 Å². The molecule has 0 aromatic carbocycles. The smallest absolute Gasteiger partial charge is 0.00954 e. The molecule has 0 heterocycles. The van der Waals surface area contributed by atoms with Crippen molar-refractivity contribution in [1.29, 1.82) is 0 Å². The Labute approximate surface area is 115 Å². The van der Waals surface area contributed by atoms with Crippen LogP contribution in [-0.4, -0.2) is 12.6 Å². The summed E-state index contributed by atoms with van der Waals surface area (Å²) >= 11 is 0. The molecule has 0 radical (unpaired) electrons. The molecule has 1 fully saturated rings. The van der Waals surface area contributed by atoms with Crippen LogP contribution >= 0.6 is 0 Å². The summed E-state index contributed by atoms with van der Waals surface area (Å²) in [5.74, 6) is 2.74. The van der Waals surface area contributed by atoms with Crippen molar-refractivity contribution in [3.8, 4) is 0 Å². The maximum Gasteiger partial charge on any atom is 0.00954 e. The van der Waals surface area contributed by atoms with E-state index >= 15 is 0 Å². The zero-order valence-electron chi connectivity index (χ0n) is 13.6. The Balaban J connectivity index is 2.54. The third-order valence-electron chi connectivity index (χ3n) is 4.70. The van der Waals surface area contributed by atoms with Crippen LogP contribution in [0, 0.1) is 23.2 Å². The van der Waals surface area contributed by atoms with Crippen LogP contribution in [0.3, 0.4) is 0 Å². The average Bonchev–Trinajstić information content (AvgIpc) is 2.26. The molecular formula is C17H35N. The minimum Gasteiger partial charge on any atom is -0.314 e. The Bertz CT molecular complexity index is 226. The molecule has 108 valence electrons. The molecule has 0 aliphatic heterocycles. The van der Waals surface area contributed by atoms with Crippen LogP contribution in [-0.2, 0) is 0 Å². The van der Waals surface area contributed by atoms with Crippen molar-refractivity contribution in [2.45, 2.75) is 79.7 Å². The van der Waals surface area contributed by atoms with E-state index in [1.165, 1.54) is 32.1 Å². The van der Waals surface area contributed by atoms with Gasteiger partial charge in [0.1, 0.15) is 0 Å². The molecule has 3 atom stereocenters. The van der Waals surface area contributed by atoms with Crippen molar-refractivity contribution in [2.75, 3.05) is 6.54 Å². The summed E-state index contributed by atoms with van der Waals surface area (Å²) in [7, 11) is 0. The van der Waals surface area contributed by atoms with Gasteiger partial charge in [-0.2, -0.15) is 0 Å². The van der Waals surface area contributed by atoms with E-state index in [0.29, 0.717) is 5.41 Å². The van der Waals surface area contributed by atoms with Crippen LogP contribution in [0.5, 0.6) is 0 Å². The van der Waals surface area contributed by atoms with Gasteiger partial charge in [-0.1, -0.05) is 41.5 Å². The van der Waals surface area contributed by atoms with E-state index in [1.807, 2.05) is 0 Å². The fourth-order valence-electron chi connectivity index (χ4n) is 3.37. The summed E-state index contributed by atoms with van der Waals surface area (Å²) in [6.45, 7) is 15.3. The predicted octanol–water partition coefficient (Wildman–Crippen LogP) is 4.86. The fourth-order valence-corrected chi connectivity index (χ4v) is 3.37. The lowest BCUT2D eigenvalue weighted by atomic mass is 9.71. The largest absolute Gasteiger partial charge is 0.314 e. The Kier molecular flexibility index (Phi) is 6.17. The zero-order chi connectivity index (χ0) is 13.8. The van der Waals surface area contributed by atoms with Gasteiger partial charge in [0.05, 0.1) is 0 Å². The van der Waals surface area contributed by atoms with Crippen molar-refractivity contribution in [2.24, 2.45) is 23.2 Å². The van der Waals surface area contributed by atoms with Gasteiger partial charge in [0.15, 0.2) is 0 Å². The van der Waals surface area contributed by atoms with Gasteiger partial charge >= 0.3 is 0 Å². The molecule has 1 aliphatic rings. The van der Waals surface area contributed by atoms with Crippen molar-refractivity contribution in [3.05, 3.63) is 0 Å². The molecule has 0 bridgehead atoms. The quantitative estimate of drug-likeness (QED) is 0.737. The first-order valence-electron chi connectivity index (χ1n) is 8.07. The maximum absolute atomic E-state index is 3.73. The van der Waals surface area contributed by atoms with E-state index < -0.39 is 0 Å². The van der Waals surface area contributed by atoms with Gasteiger partial charge in [-0.25, -0.2) is 0 Å². The highest BCUT2D eigenvalue weighted by Crippen LogP contribution is 2.38. The molecule has 18 heavy (non-hydrogen) atoms. The molecule has 3 unspecified atom stereocenters. The standard InChI is InChI=1S/C17H35N/c1-7-18-16-9-8-14(13(2)3)12-15(16)10-11-17(4,5)6/h13-16,18H,7-12H2,1-6H3. The number of rotatable bonds is 5. The highest BCUT2D eigenvalue weighted by molar-refractivity contribution is 4.86. The topological polar surface area (TPSA) is 12.0 Å². The molecule has 1 heteroatoms. The first kappa shape index (κ1) is 16.0. The minimum atomic E-state index is 0.488. The molecule has 1 nitrogen and oxygen atoms in total. The van der Waals surface area contributed by atoms with E-state index in [9.17, 15) is 0 Å². The number of hydrogen-bond donors (Lipinski definition) is 1. The first-order chi connectivity index (χ1) is 8.33. The van der Waals surface area contributed by atoms with Gasteiger partial charge < -0.3 is 5.32 Å². The van der Waals surface area contributed by atoms with Gasteiger partial charge in [-0.15, -0.1) is 0 Å². The molecule has 0 aromatic rings. The normalized spacial score (nSPS) is 29.8. The highest BCUT2D eigenvalue weighted by Gasteiger charge is 2.31. The zero-order valence-corrected chi connectivity index (χ0v) is 13.6. The molecule has 1 aliphatic carbocycles. The lowest BCUT2D eigenvalue weighted by Crippen LogP contribution is -2.41. The highest BCUT2D eigenvalue weighted by atomic mass is 14.9. The summed E-state index contributed by atoms with van der Waals surface area (Å²) in [5, 5.41) is 3.73. The molecule has 0 aromatic heterocycles. The van der Waals surface area contributed by atoms with Gasteiger partial charge in [-0.05, 0) is 61.8 Å². The minimum absolute atomic E-state index is 0.488. The first-order valence-corrected chi connectivity index (χ1v) is 8.07. The van der Waals surface area contributed by atoms with E-state index in [2.05, 4.69) is 46.9 Å². The monoisotopic (exact) mass is 253 g/mol. The van der Waals surface area contributed by atoms with Crippen LogP contribution in [0.15, 0.2) is 0 Å². The van der Waals surface area contributed by atoms with Gasteiger partial charge in [0.25, 0.3) is 0 Å². The van der Waals surface area contributed by atoms with Crippen molar-refractivity contribution in [3.63, 3.8) is 0 Å². The van der Waals surface area contributed by atoms with E-state index in [-0.39, 0.29) is 0 Å². The Hall–Kier alpha value is -0.0400. The van der Waals surface area contributed by atoms with Crippen LogP contribution in [0.1, 0.15) is 73.6 Å². The van der Waals surface area contributed by atoms with Gasteiger partial charge in [0, 0.05) is 6.04 Å². The third-order valence-corrected chi connectivity index (χ3v) is 4.70. The van der Waals surface area contributed by atoms with Gasteiger partial charge in [0.2, 0.25) is 0 Å². The Morgan fingerprint density at radius 2 is 1.83 bits per heavy atom. The lowest BCUT2D eigenvalue weighted by molar-refractivity contribution is 0.149. The lowest BCUT2D eigenvalue weighted by Gasteiger charge is -2.39. The molecule has 1 rings (SSSR count). The van der Waals surface area contributed by atoms with E-state index in [4.69, 9.17) is 0 Å². The predicted molar refractivity (Wildman–Crippen MR) is 81.8 cm³/mol. The number of nitrogens with one attached hydrogen (secondary N) is 1. The van der Waals surface area contributed by atoms with Gasteiger partial charge in [-0.3, -0.25) is 0 Å². The Morgan fingerprint density at radius 3 is 2.33 bits per heavy atom. The molecule has 0 saturated heterocycles. The summed E-state index contributed by atoms with van der Waals surface area (Å²) in [4.78, 5) is 0. The van der Waals surface area contributed by atoms with Crippen LogP contribution < -0.4 is 5.32 Å². The van der Waals surface area contributed by atoms with Crippen molar-refractivity contribution < 1.29 is 0 Å². The maximum atomic E-state index is 3.73. The Morgan fingerprint density at radius 1 is 1.17 bits per heavy atom. The average molecular weight is 253 g/mol. The summed E-state index contributed by atoms with van der Waals surface area (Å²) < 4.78 is 0. The summed E-state index contributed by atoms with van der Waals surface area (Å²) in [6, 6.07) is 0.785. The molecule has 1 N–H and O–H groups in total. The van der Waals surface area contributed by atoms with Crippen molar-refractivity contribution >= 4 is 0 Å². The fraction of sp³-hybridized carbons (Fsp3) is 1.00. The third kappa shape index (κ3) is 5.30. The van der Waals surface area contributed by atoms with Crippen LogP contribution in [0.2, 0.25) is 0 Å². The second-order valence-electron chi connectivity index (χ2n) is 7.84. The van der Waals surface area contributed by atoms with Crippen molar-refractivity contribution in [1.82, 2.24) is 5.32 Å². The molecular weight excluding hydrogens is 218 g/mol. The van der Waals surface area contributed by atoms with Crippen LogP contribution in [0.25, 0.3) is 0 Å². The second-order valence-corrected chi connectivity index (χ2v) is 7.84. The summed E-state index contributed by atoms with van der Waals surface area (Å²) in [6.07, 6.45) is 7.05.